The fourth-order valence-electron chi connectivity index (χ4n) is 0.822. The number of unbranched alkanes of at least 4 members (excludes halogenated alkanes) is 1. The zero-order valence-electron chi connectivity index (χ0n) is 12.3. The molecule has 0 amide bonds. The first-order valence-electron chi connectivity index (χ1n) is 6.20. The molecular formula is C14H24O6. The van der Waals surface area contributed by atoms with E-state index in [2.05, 4.69) is 17.9 Å². The van der Waals surface area contributed by atoms with Crippen molar-refractivity contribution < 1.29 is 29.3 Å². The summed E-state index contributed by atoms with van der Waals surface area (Å²) in [6.45, 7) is 10.1. The molecule has 0 aliphatic heterocycles. The van der Waals surface area contributed by atoms with E-state index in [1.165, 1.54) is 7.11 Å². The molecule has 6 nitrogen and oxygen atoms in total. The number of methoxy groups -OCH3 is 1. The predicted octanol–water partition coefficient (Wildman–Crippen LogP) is 0.975. The molecule has 1 atom stereocenters. The average Bonchev–Trinajstić information content (AvgIpc) is 2.45. The number of hydrogen-bond donors (Lipinski definition) is 2. The summed E-state index contributed by atoms with van der Waals surface area (Å²) in [5.41, 5.74) is 0.334. The Hall–Kier alpha value is -1.66. The summed E-state index contributed by atoms with van der Waals surface area (Å²) < 4.78 is 9.03. The van der Waals surface area contributed by atoms with E-state index < -0.39 is 18.7 Å². The van der Waals surface area contributed by atoms with Crippen molar-refractivity contribution in [2.24, 2.45) is 0 Å². The second kappa shape index (κ2) is 12.4. The van der Waals surface area contributed by atoms with Crippen molar-refractivity contribution in [1.29, 1.82) is 0 Å². The third-order valence-corrected chi connectivity index (χ3v) is 2.10. The standard InChI is InChI=1S/C9H16O4.C5H8O2/c1-3-4-5-13-9(12)7(2)8(11)6-10;1-4(2)5(6)7-3/h8,10-11H,2-6H2,1H3;1H2,2-3H3. The maximum absolute atomic E-state index is 11.0. The van der Waals surface area contributed by atoms with Gasteiger partial charge in [-0.1, -0.05) is 26.5 Å². The van der Waals surface area contributed by atoms with Gasteiger partial charge in [0, 0.05) is 5.57 Å². The van der Waals surface area contributed by atoms with Crippen molar-refractivity contribution >= 4 is 11.9 Å². The molecule has 0 saturated carbocycles. The Kier molecular flexibility index (Phi) is 12.8. The Balaban J connectivity index is 0. The van der Waals surface area contributed by atoms with Crippen LogP contribution in [0.2, 0.25) is 0 Å². The van der Waals surface area contributed by atoms with Gasteiger partial charge in [-0.15, -0.1) is 0 Å². The summed E-state index contributed by atoms with van der Waals surface area (Å²) in [5, 5.41) is 17.5. The minimum Gasteiger partial charge on any atom is -0.466 e. The van der Waals surface area contributed by atoms with Crippen molar-refractivity contribution in [2.75, 3.05) is 20.3 Å². The second-order valence-electron chi connectivity index (χ2n) is 3.98. The molecule has 0 rings (SSSR count). The van der Waals surface area contributed by atoms with Crippen LogP contribution < -0.4 is 0 Å². The Morgan fingerprint density at radius 3 is 2.10 bits per heavy atom. The number of ether oxygens (including phenoxy) is 2. The lowest BCUT2D eigenvalue weighted by Crippen LogP contribution is -2.22. The average molecular weight is 288 g/mol. The van der Waals surface area contributed by atoms with Crippen LogP contribution in [0.5, 0.6) is 0 Å². The van der Waals surface area contributed by atoms with Crippen LogP contribution in [0.3, 0.4) is 0 Å². The van der Waals surface area contributed by atoms with Gasteiger partial charge in [-0.2, -0.15) is 0 Å². The Labute approximate surface area is 119 Å². The number of aliphatic hydroxyl groups is 2. The molecule has 0 aromatic rings. The summed E-state index contributed by atoms with van der Waals surface area (Å²) in [6, 6.07) is 0. The molecule has 0 saturated heterocycles. The molecule has 0 aliphatic carbocycles. The highest BCUT2D eigenvalue weighted by Gasteiger charge is 2.16. The lowest BCUT2D eigenvalue weighted by Gasteiger charge is -2.09. The number of aliphatic hydroxyl groups excluding tert-OH is 2. The molecular weight excluding hydrogens is 264 g/mol. The van der Waals surface area contributed by atoms with Gasteiger partial charge in [0.25, 0.3) is 0 Å². The van der Waals surface area contributed by atoms with Crippen LogP contribution in [0.25, 0.3) is 0 Å². The molecule has 0 spiro atoms. The minimum absolute atomic E-state index is 0.0985. The molecule has 0 fully saturated rings. The maximum Gasteiger partial charge on any atom is 0.336 e. The lowest BCUT2D eigenvalue weighted by molar-refractivity contribution is -0.140. The van der Waals surface area contributed by atoms with E-state index in [0.29, 0.717) is 12.2 Å². The predicted molar refractivity (Wildman–Crippen MR) is 74.9 cm³/mol. The number of carbonyl (C=O) groups excluding carboxylic acids is 2. The van der Waals surface area contributed by atoms with Crippen molar-refractivity contribution in [2.45, 2.75) is 32.8 Å². The first-order valence-corrected chi connectivity index (χ1v) is 6.20. The van der Waals surface area contributed by atoms with E-state index in [1.807, 2.05) is 6.92 Å². The highest BCUT2D eigenvalue weighted by Crippen LogP contribution is 2.02. The van der Waals surface area contributed by atoms with Crippen LogP contribution in [0.15, 0.2) is 24.3 Å². The Bertz CT molecular complexity index is 335. The van der Waals surface area contributed by atoms with Crippen LogP contribution >= 0.6 is 0 Å². The minimum atomic E-state index is -1.21. The summed E-state index contributed by atoms with van der Waals surface area (Å²) in [5.74, 6) is -0.991. The van der Waals surface area contributed by atoms with Crippen LogP contribution in [0.1, 0.15) is 26.7 Å². The van der Waals surface area contributed by atoms with Crippen LogP contribution in [-0.4, -0.2) is 48.6 Å². The molecule has 116 valence electrons. The van der Waals surface area contributed by atoms with E-state index in [4.69, 9.17) is 14.9 Å². The van der Waals surface area contributed by atoms with E-state index in [0.717, 1.165) is 12.8 Å². The smallest absolute Gasteiger partial charge is 0.336 e. The van der Waals surface area contributed by atoms with Gasteiger partial charge in [0.15, 0.2) is 0 Å². The SMILES string of the molecule is C=C(C(=O)OCCCC)C(O)CO.C=C(C)C(=O)OC. The molecule has 0 aromatic heterocycles. The third-order valence-electron chi connectivity index (χ3n) is 2.10. The molecule has 0 radical (unpaired) electrons. The molecule has 6 heteroatoms. The van der Waals surface area contributed by atoms with Gasteiger partial charge < -0.3 is 19.7 Å². The summed E-state index contributed by atoms with van der Waals surface area (Å²) >= 11 is 0. The fourth-order valence-corrected chi connectivity index (χ4v) is 0.822. The van der Waals surface area contributed by atoms with Gasteiger partial charge in [-0.05, 0) is 13.3 Å². The Morgan fingerprint density at radius 2 is 1.80 bits per heavy atom. The molecule has 1 unspecified atom stereocenters. The van der Waals surface area contributed by atoms with Gasteiger partial charge in [0.2, 0.25) is 0 Å². The maximum atomic E-state index is 11.0. The Morgan fingerprint density at radius 1 is 1.25 bits per heavy atom. The molecule has 0 bridgehead atoms. The summed E-state index contributed by atoms with van der Waals surface area (Å²) in [4.78, 5) is 21.2. The van der Waals surface area contributed by atoms with E-state index in [-0.39, 0.29) is 11.5 Å². The normalized spacial score (nSPS) is 10.7. The van der Waals surface area contributed by atoms with Crippen molar-refractivity contribution in [3.8, 4) is 0 Å². The van der Waals surface area contributed by atoms with E-state index in [9.17, 15) is 9.59 Å². The third kappa shape index (κ3) is 10.3. The van der Waals surface area contributed by atoms with Gasteiger partial charge in [-0.3, -0.25) is 0 Å². The highest BCUT2D eigenvalue weighted by atomic mass is 16.5. The highest BCUT2D eigenvalue weighted by molar-refractivity contribution is 5.88. The van der Waals surface area contributed by atoms with Gasteiger partial charge in [-0.25, -0.2) is 9.59 Å². The molecule has 0 heterocycles. The second-order valence-corrected chi connectivity index (χ2v) is 3.98. The number of hydrogen-bond acceptors (Lipinski definition) is 6. The monoisotopic (exact) mass is 288 g/mol. The van der Waals surface area contributed by atoms with E-state index >= 15 is 0 Å². The first kappa shape index (κ1) is 20.7. The first-order chi connectivity index (χ1) is 9.31. The fraction of sp³-hybridized carbons (Fsp3) is 0.571. The number of esters is 2. The van der Waals surface area contributed by atoms with Gasteiger partial charge in [0.05, 0.1) is 25.9 Å². The van der Waals surface area contributed by atoms with Crippen molar-refractivity contribution in [3.63, 3.8) is 0 Å². The van der Waals surface area contributed by atoms with Crippen LogP contribution in [-0.2, 0) is 19.1 Å². The summed E-state index contributed by atoms with van der Waals surface area (Å²) in [7, 11) is 1.33. The molecule has 20 heavy (non-hydrogen) atoms. The molecule has 2 N–H and O–H groups in total. The van der Waals surface area contributed by atoms with Crippen molar-refractivity contribution in [1.82, 2.24) is 0 Å². The summed E-state index contributed by atoms with van der Waals surface area (Å²) in [6.07, 6.45) is 0.505. The van der Waals surface area contributed by atoms with E-state index in [1.54, 1.807) is 6.92 Å². The molecule has 0 aromatic carbocycles. The molecule has 0 aliphatic rings. The zero-order valence-corrected chi connectivity index (χ0v) is 12.3. The number of carbonyl (C=O) groups is 2. The lowest BCUT2D eigenvalue weighted by atomic mass is 10.2. The van der Waals surface area contributed by atoms with Gasteiger partial charge in [0.1, 0.15) is 6.10 Å². The zero-order chi connectivity index (χ0) is 16.1. The quantitative estimate of drug-likeness (QED) is 0.412. The van der Waals surface area contributed by atoms with Crippen LogP contribution in [0.4, 0.5) is 0 Å². The topological polar surface area (TPSA) is 93.1 Å². The van der Waals surface area contributed by atoms with Crippen LogP contribution in [0, 0.1) is 0 Å². The van der Waals surface area contributed by atoms with Gasteiger partial charge >= 0.3 is 11.9 Å². The number of rotatable bonds is 7. The van der Waals surface area contributed by atoms with Crippen molar-refractivity contribution in [3.05, 3.63) is 24.3 Å². The largest absolute Gasteiger partial charge is 0.466 e.